The van der Waals surface area contributed by atoms with Crippen molar-refractivity contribution in [1.29, 1.82) is 0 Å². The molecule has 2 aromatic rings. The lowest BCUT2D eigenvalue weighted by molar-refractivity contribution is 0.174. The van der Waals surface area contributed by atoms with E-state index in [4.69, 9.17) is 18.9 Å². The second-order valence-electron chi connectivity index (χ2n) is 5.04. The Morgan fingerprint density at radius 1 is 0.880 bits per heavy atom. The fraction of sp³-hybridized carbons (Fsp3) is 0.200. The number of hydrogen-bond donors (Lipinski definition) is 0. The van der Waals surface area contributed by atoms with E-state index in [1.807, 2.05) is 24.3 Å². The molecule has 4 nitrogen and oxygen atoms in total. The maximum Gasteiger partial charge on any atom is 0.231 e. The van der Waals surface area contributed by atoms with E-state index in [-0.39, 0.29) is 6.79 Å². The van der Waals surface area contributed by atoms with Crippen molar-refractivity contribution >= 4 is 15.9 Å². The van der Waals surface area contributed by atoms with Crippen molar-refractivity contribution < 1.29 is 18.9 Å². The molecule has 25 heavy (non-hydrogen) atoms. The van der Waals surface area contributed by atoms with Gasteiger partial charge in [-0.15, -0.1) is 0 Å². The third-order valence-corrected chi connectivity index (χ3v) is 3.78. The molecule has 126 valence electrons. The average molecular weight is 399 g/mol. The number of methoxy groups -OCH3 is 2. The minimum atomic E-state index is 0.213. The molecular weight excluding hydrogens is 384 g/mol. The summed E-state index contributed by atoms with van der Waals surface area (Å²) in [6, 6.07) is 9.22. The summed E-state index contributed by atoms with van der Waals surface area (Å²) in [7, 11) is 3.22. The molecular formula is C20H15BrO4. The highest BCUT2D eigenvalue weighted by atomic mass is 79.9. The van der Waals surface area contributed by atoms with Gasteiger partial charge in [-0.2, -0.15) is 0 Å². The first-order chi connectivity index (χ1) is 12.2. The van der Waals surface area contributed by atoms with E-state index in [0.717, 1.165) is 16.7 Å². The predicted molar refractivity (Wildman–Crippen MR) is 98.8 cm³/mol. The molecule has 0 radical (unpaired) electrons. The molecule has 0 spiro atoms. The summed E-state index contributed by atoms with van der Waals surface area (Å²) in [6.07, 6.45) is 0. The Labute approximate surface area is 155 Å². The van der Waals surface area contributed by atoms with E-state index in [9.17, 15) is 0 Å². The number of fused-ring (bicyclic) bond motifs is 1. The average Bonchev–Trinajstić information content (AvgIpc) is 3.11. The van der Waals surface area contributed by atoms with Gasteiger partial charge in [0.2, 0.25) is 6.79 Å². The van der Waals surface area contributed by atoms with Crippen molar-refractivity contribution in [2.24, 2.45) is 0 Å². The normalized spacial score (nSPS) is 11.0. The molecule has 0 N–H and O–H groups in total. The lowest BCUT2D eigenvalue weighted by Gasteiger charge is -2.05. The Balaban J connectivity index is 2.02. The zero-order valence-electron chi connectivity index (χ0n) is 13.8. The molecule has 0 amide bonds. The van der Waals surface area contributed by atoms with Crippen LogP contribution in [0.1, 0.15) is 16.7 Å². The Kier molecular flexibility index (Phi) is 5.38. The van der Waals surface area contributed by atoms with Crippen LogP contribution < -0.4 is 18.9 Å². The minimum absolute atomic E-state index is 0.213. The first-order valence-electron chi connectivity index (χ1n) is 7.47. The van der Waals surface area contributed by atoms with Gasteiger partial charge in [-0.25, -0.2) is 0 Å². The second kappa shape index (κ2) is 7.88. The Morgan fingerprint density at radius 3 is 2.04 bits per heavy atom. The minimum Gasteiger partial charge on any atom is -0.497 e. The van der Waals surface area contributed by atoms with Gasteiger partial charge in [-0.1, -0.05) is 39.6 Å². The monoisotopic (exact) mass is 398 g/mol. The molecule has 1 heterocycles. The van der Waals surface area contributed by atoms with Crippen molar-refractivity contribution in [2.75, 3.05) is 26.3 Å². The number of benzene rings is 2. The van der Waals surface area contributed by atoms with Gasteiger partial charge in [-0.3, -0.25) is 0 Å². The summed E-state index contributed by atoms with van der Waals surface area (Å²) in [6.45, 7) is 0.213. The molecule has 0 saturated heterocycles. The summed E-state index contributed by atoms with van der Waals surface area (Å²) < 4.78 is 21.4. The second-order valence-corrected chi connectivity index (χ2v) is 5.60. The van der Waals surface area contributed by atoms with Crippen LogP contribution in [0.2, 0.25) is 0 Å². The highest BCUT2D eigenvalue weighted by molar-refractivity contribution is 9.09. The predicted octanol–water partition coefficient (Wildman–Crippen LogP) is 3.58. The number of hydrogen-bond acceptors (Lipinski definition) is 4. The lowest BCUT2D eigenvalue weighted by atomic mass is 10.1. The van der Waals surface area contributed by atoms with Crippen LogP contribution in [0.5, 0.6) is 23.0 Å². The van der Waals surface area contributed by atoms with Crippen LogP contribution in [-0.4, -0.2) is 26.3 Å². The molecule has 0 fully saturated rings. The maximum atomic E-state index is 5.44. The molecule has 0 bridgehead atoms. The van der Waals surface area contributed by atoms with Crippen molar-refractivity contribution in [3.63, 3.8) is 0 Å². The van der Waals surface area contributed by atoms with Gasteiger partial charge in [0.1, 0.15) is 11.5 Å². The van der Waals surface area contributed by atoms with Crippen LogP contribution >= 0.6 is 15.9 Å². The number of halogens is 1. The van der Waals surface area contributed by atoms with Gasteiger partial charge < -0.3 is 18.9 Å². The van der Waals surface area contributed by atoms with Gasteiger partial charge in [0.15, 0.2) is 11.5 Å². The molecule has 0 unspecified atom stereocenters. The molecule has 1 aliphatic rings. The molecule has 0 saturated carbocycles. The molecule has 0 aliphatic carbocycles. The van der Waals surface area contributed by atoms with Gasteiger partial charge in [0.25, 0.3) is 0 Å². The molecule has 0 atom stereocenters. The zero-order chi connectivity index (χ0) is 17.6. The standard InChI is InChI=1S/C20H15BrO4/c1-22-17-8-14(9-18(12-17)23-2)5-6-16-11-20-19(24-13-25-20)10-15(16)4-3-7-21/h8-12H,7,13H2,1-2H3. The van der Waals surface area contributed by atoms with Crippen LogP contribution in [0.15, 0.2) is 30.3 Å². The van der Waals surface area contributed by atoms with Gasteiger partial charge >= 0.3 is 0 Å². The quantitative estimate of drug-likeness (QED) is 0.572. The van der Waals surface area contributed by atoms with Gasteiger partial charge in [0.05, 0.1) is 19.5 Å². The smallest absolute Gasteiger partial charge is 0.231 e. The van der Waals surface area contributed by atoms with Gasteiger partial charge in [0, 0.05) is 34.9 Å². The van der Waals surface area contributed by atoms with Crippen molar-refractivity contribution in [2.45, 2.75) is 0 Å². The number of rotatable bonds is 2. The third-order valence-electron chi connectivity index (χ3n) is 3.50. The van der Waals surface area contributed by atoms with Crippen molar-refractivity contribution in [3.05, 3.63) is 47.0 Å². The number of ether oxygens (including phenoxy) is 4. The third kappa shape index (κ3) is 4.02. The lowest BCUT2D eigenvalue weighted by Crippen LogP contribution is -1.92. The van der Waals surface area contributed by atoms with E-state index in [2.05, 4.69) is 39.6 Å². The highest BCUT2D eigenvalue weighted by Crippen LogP contribution is 2.34. The summed E-state index contributed by atoms with van der Waals surface area (Å²) in [5, 5.41) is 0.585. The maximum absolute atomic E-state index is 5.44. The number of alkyl halides is 1. The van der Waals surface area contributed by atoms with Crippen LogP contribution in [0.4, 0.5) is 0 Å². The fourth-order valence-corrected chi connectivity index (χ4v) is 2.44. The first kappa shape index (κ1) is 17.1. The van der Waals surface area contributed by atoms with Crippen LogP contribution in [0, 0.1) is 23.7 Å². The summed E-state index contributed by atoms with van der Waals surface area (Å²) in [5.41, 5.74) is 2.36. The van der Waals surface area contributed by atoms with Crippen LogP contribution in [0.25, 0.3) is 0 Å². The summed E-state index contributed by atoms with van der Waals surface area (Å²) in [4.78, 5) is 0. The Bertz CT molecular complexity index is 891. The zero-order valence-corrected chi connectivity index (χ0v) is 15.4. The highest BCUT2D eigenvalue weighted by Gasteiger charge is 2.15. The van der Waals surface area contributed by atoms with E-state index < -0.39 is 0 Å². The topological polar surface area (TPSA) is 36.9 Å². The largest absolute Gasteiger partial charge is 0.497 e. The van der Waals surface area contributed by atoms with E-state index in [1.165, 1.54) is 0 Å². The summed E-state index contributed by atoms with van der Waals surface area (Å²) in [5.74, 6) is 15.1. The molecule has 1 aliphatic heterocycles. The van der Waals surface area contributed by atoms with Crippen LogP contribution in [0.3, 0.4) is 0 Å². The van der Waals surface area contributed by atoms with E-state index in [0.29, 0.717) is 28.3 Å². The van der Waals surface area contributed by atoms with Crippen molar-refractivity contribution in [1.82, 2.24) is 0 Å². The van der Waals surface area contributed by atoms with E-state index in [1.54, 1.807) is 20.3 Å². The van der Waals surface area contributed by atoms with Crippen molar-refractivity contribution in [3.8, 4) is 46.7 Å². The van der Waals surface area contributed by atoms with Crippen LogP contribution in [-0.2, 0) is 0 Å². The molecule has 2 aromatic carbocycles. The Morgan fingerprint density at radius 2 is 1.48 bits per heavy atom. The fourth-order valence-electron chi connectivity index (χ4n) is 2.30. The van der Waals surface area contributed by atoms with E-state index >= 15 is 0 Å². The Hall–Kier alpha value is -2.76. The SMILES string of the molecule is COc1cc(C#Cc2cc3c(cc2C#CCBr)OCO3)cc(OC)c1. The molecule has 3 rings (SSSR count). The van der Waals surface area contributed by atoms with Gasteiger partial charge in [-0.05, 0) is 12.1 Å². The molecule has 5 heteroatoms. The first-order valence-corrected chi connectivity index (χ1v) is 8.59. The molecule has 0 aromatic heterocycles. The summed E-state index contributed by atoms with van der Waals surface area (Å²) >= 11 is 3.31.